The van der Waals surface area contributed by atoms with Crippen molar-refractivity contribution in [2.45, 2.75) is 25.9 Å². The largest absolute Gasteiger partial charge is 0.494 e. The van der Waals surface area contributed by atoms with E-state index in [1.807, 2.05) is 60.4 Å². The standard InChI is InChI=1S/C27H28N2O3/c1-2-32-25-15-13-23(14-16-25)27(31)28-19-24(17-21-9-5-3-6-10-21)29(26(30)20-28)18-22-11-7-4-8-12-22/h3-16,24H,2,17-20H2,1H3/t24-/m0/s1. The molecule has 0 radical (unpaired) electrons. The zero-order chi connectivity index (χ0) is 22.3. The Morgan fingerprint density at radius 3 is 2.16 bits per heavy atom. The molecule has 3 aromatic carbocycles. The fourth-order valence-corrected chi connectivity index (χ4v) is 4.13. The van der Waals surface area contributed by atoms with Crippen molar-refractivity contribution in [1.29, 1.82) is 0 Å². The Labute approximate surface area is 189 Å². The van der Waals surface area contributed by atoms with Gasteiger partial charge in [-0.25, -0.2) is 0 Å². The van der Waals surface area contributed by atoms with Crippen molar-refractivity contribution in [3.8, 4) is 5.75 Å². The summed E-state index contributed by atoms with van der Waals surface area (Å²) < 4.78 is 5.47. The molecule has 5 nitrogen and oxygen atoms in total. The van der Waals surface area contributed by atoms with Gasteiger partial charge in [0.25, 0.3) is 5.91 Å². The van der Waals surface area contributed by atoms with Gasteiger partial charge in [0.15, 0.2) is 0 Å². The van der Waals surface area contributed by atoms with Crippen molar-refractivity contribution in [1.82, 2.24) is 9.80 Å². The first-order valence-electron chi connectivity index (χ1n) is 11.0. The Hall–Kier alpha value is -3.60. The van der Waals surface area contributed by atoms with Crippen molar-refractivity contribution in [3.63, 3.8) is 0 Å². The molecule has 0 spiro atoms. The van der Waals surface area contributed by atoms with E-state index in [4.69, 9.17) is 4.74 Å². The monoisotopic (exact) mass is 428 g/mol. The summed E-state index contributed by atoms with van der Waals surface area (Å²) in [5.41, 5.74) is 2.81. The minimum atomic E-state index is -0.126. The van der Waals surface area contributed by atoms with Crippen LogP contribution in [0.2, 0.25) is 0 Å². The molecule has 1 aliphatic rings. The van der Waals surface area contributed by atoms with Gasteiger partial charge in [0.2, 0.25) is 5.91 Å². The third kappa shape index (κ3) is 5.17. The molecule has 1 atom stereocenters. The number of nitrogens with zero attached hydrogens (tertiary/aromatic N) is 2. The predicted molar refractivity (Wildman–Crippen MR) is 124 cm³/mol. The van der Waals surface area contributed by atoms with Crippen LogP contribution in [0.15, 0.2) is 84.9 Å². The van der Waals surface area contributed by atoms with Crippen molar-refractivity contribution in [2.24, 2.45) is 0 Å². The number of benzene rings is 3. The van der Waals surface area contributed by atoms with E-state index >= 15 is 0 Å². The maximum absolute atomic E-state index is 13.2. The van der Waals surface area contributed by atoms with Crippen LogP contribution in [0.5, 0.6) is 5.75 Å². The van der Waals surface area contributed by atoms with Crippen molar-refractivity contribution in [2.75, 3.05) is 19.7 Å². The molecule has 1 saturated heterocycles. The molecule has 0 aliphatic carbocycles. The molecule has 32 heavy (non-hydrogen) atoms. The molecule has 164 valence electrons. The lowest BCUT2D eigenvalue weighted by Crippen LogP contribution is -2.58. The summed E-state index contributed by atoms with van der Waals surface area (Å²) in [4.78, 5) is 30.0. The van der Waals surface area contributed by atoms with Gasteiger partial charge in [-0.1, -0.05) is 60.7 Å². The molecule has 0 unspecified atom stereocenters. The van der Waals surface area contributed by atoms with Gasteiger partial charge in [-0.05, 0) is 48.7 Å². The molecule has 4 rings (SSSR count). The van der Waals surface area contributed by atoms with Gasteiger partial charge in [-0.15, -0.1) is 0 Å². The van der Waals surface area contributed by atoms with Crippen LogP contribution in [-0.4, -0.2) is 47.4 Å². The number of piperazine rings is 1. The summed E-state index contributed by atoms with van der Waals surface area (Å²) in [7, 11) is 0. The van der Waals surface area contributed by atoms with Crippen LogP contribution < -0.4 is 4.74 Å². The van der Waals surface area contributed by atoms with Crippen LogP contribution in [0.25, 0.3) is 0 Å². The lowest BCUT2D eigenvalue weighted by molar-refractivity contribution is -0.139. The quantitative estimate of drug-likeness (QED) is 0.567. The van der Waals surface area contributed by atoms with E-state index in [2.05, 4.69) is 12.1 Å². The Balaban J connectivity index is 1.54. The fraction of sp³-hybridized carbons (Fsp3) is 0.259. The van der Waals surface area contributed by atoms with Gasteiger partial charge >= 0.3 is 0 Å². The third-order valence-electron chi connectivity index (χ3n) is 5.73. The highest BCUT2D eigenvalue weighted by Crippen LogP contribution is 2.21. The molecule has 0 N–H and O–H groups in total. The number of carbonyl (C=O) groups excluding carboxylic acids is 2. The first-order valence-corrected chi connectivity index (χ1v) is 11.0. The van der Waals surface area contributed by atoms with Crippen LogP contribution in [0.3, 0.4) is 0 Å². The zero-order valence-corrected chi connectivity index (χ0v) is 18.3. The van der Waals surface area contributed by atoms with E-state index in [1.54, 1.807) is 29.2 Å². The number of carbonyl (C=O) groups is 2. The summed E-state index contributed by atoms with van der Waals surface area (Å²) in [5.74, 6) is 0.578. The maximum atomic E-state index is 13.2. The number of amides is 2. The maximum Gasteiger partial charge on any atom is 0.254 e. The van der Waals surface area contributed by atoms with Crippen LogP contribution in [0.1, 0.15) is 28.4 Å². The number of hydrogen-bond donors (Lipinski definition) is 0. The fourth-order valence-electron chi connectivity index (χ4n) is 4.13. The minimum absolute atomic E-state index is 0.0275. The molecular weight excluding hydrogens is 400 g/mol. The molecular formula is C27H28N2O3. The van der Waals surface area contributed by atoms with Gasteiger partial charge in [-0.2, -0.15) is 0 Å². The minimum Gasteiger partial charge on any atom is -0.494 e. The summed E-state index contributed by atoms with van der Waals surface area (Å²) >= 11 is 0. The second-order valence-corrected chi connectivity index (χ2v) is 7.99. The van der Waals surface area contributed by atoms with Crippen LogP contribution >= 0.6 is 0 Å². The molecule has 2 amide bonds. The molecule has 3 aromatic rings. The Kier molecular flexibility index (Phi) is 6.85. The highest BCUT2D eigenvalue weighted by Gasteiger charge is 2.35. The average molecular weight is 429 g/mol. The Bertz CT molecular complexity index is 1040. The Morgan fingerprint density at radius 1 is 0.906 bits per heavy atom. The first kappa shape index (κ1) is 21.6. The molecule has 1 aliphatic heterocycles. The lowest BCUT2D eigenvalue weighted by atomic mass is 10.00. The number of ether oxygens (including phenoxy) is 1. The van der Waals surface area contributed by atoms with Gasteiger partial charge in [0, 0.05) is 18.7 Å². The molecule has 0 saturated carbocycles. The van der Waals surface area contributed by atoms with Crippen molar-refractivity contribution in [3.05, 3.63) is 102 Å². The second kappa shape index (κ2) is 10.1. The predicted octanol–water partition coefficient (Wildman–Crippen LogP) is 4.18. The van der Waals surface area contributed by atoms with E-state index in [0.717, 1.165) is 16.9 Å². The van der Waals surface area contributed by atoms with Gasteiger partial charge in [-0.3, -0.25) is 9.59 Å². The van der Waals surface area contributed by atoms with E-state index in [0.29, 0.717) is 31.7 Å². The molecule has 0 aromatic heterocycles. The molecule has 5 heteroatoms. The average Bonchev–Trinajstić information content (AvgIpc) is 2.83. The highest BCUT2D eigenvalue weighted by atomic mass is 16.5. The van der Waals surface area contributed by atoms with Gasteiger partial charge in [0.05, 0.1) is 12.6 Å². The molecule has 0 bridgehead atoms. The third-order valence-corrected chi connectivity index (χ3v) is 5.73. The van der Waals surface area contributed by atoms with Crippen molar-refractivity contribution < 1.29 is 14.3 Å². The van der Waals surface area contributed by atoms with E-state index < -0.39 is 0 Å². The zero-order valence-electron chi connectivity index (χ0n) is 18.3. The van der Waals surface area contributed by atoms with E-state index in [1.165, 1.54) is 0 Å². The molecule has 1 heterocycles. The van der Waals surface area contributed by atoms with Crippen LogP contribution in [-0.2, 0) is 17.8 Å². The smallest absolute Gasteiger partial charge is 0.254 e. The van der Waals surface area contributed by atoms with Gasteiger partial charge < -0.3 is 14.5 Å². The van der Waals surface area contributed by atoms with Gasteiger partial charge in [0.1, 0.15) is 12.3 Å². The summed E-state index contributed by atoms with van der Waals surface area (Å²) in [6.45, 7) is 3.63. The van der Waals surface area contributed by atoms with E-state index in [-0.39, 0.29) is 24.4 Å². The van der Waals surface area contributed by atoms with E-state index in [9.17, 15) is 9.59 Å². The second-order valence-electron chi connectivity index (χ2n) is 7.99. The lowest BCUT2D eigenvalue weighted by Gasteiger charge is -2.41. The summed E-state index contributed by atoms with van der Waals surface area (Å²) in [6.07, 6.45) is 0.701. The summed E-state index contributed by atoms with van der Waals surface area (Å²) in [6, 6.07) is 27.2. The number of rotatable bonds is 7. The Morgan fingerprint density at radius 2 is 1.53 bits per heavy atom. The van der Waals surface area contributed by atoms with Crippen LogP contribution in [0, 0.1) is 0 Å². The topological polar surface area (TPSA) is 49.9 Å². The number of hydrogen-bond acceptors (Lipinski definition) is 3. The molecule has 1 fully saturated rings. The highest BCUT2D eigenvalue weighted by molar-refractivity contribution is 5.97. The van der Waals surface area contributed by atoms with Crippen LogP contribution in [0.4, 0.5) is 0 Å². The summed E-state index contributed by atoms with van der Waals surface area (Å²) in [5, 5.41) is 0. The normalized spacial score (nSPS) is 16.2. The van der Waals surface area contributed by atoms with Crippen molar-refractivity contribution >= 4 is 11.8 Å². The first-order chi connectivity index (χ1) is 15.6. The SMILES string of the molecule is CCOc1ccc(C(=O)N2CC(=O)N(Cc3ccccc3)[C@@H](Cc3ccccc3)C2)cc1.